The highest BCUT2D eigenvalue weighted by atomic mass is 19.1. The lowest BCUT2D eigenvalue weighted by Gasteiger charge is -2.06. The number of anilines is 1. The summed E-state index contributed by atoms with van der Waals surface area (Å²) in [6.45, 7) is 1.82. The Morgan fingerprint density at radius 3 is 2.69 bits per heavy atom. The highest BCUT2D eigenvalue weighted by Crippen LogP contribution is 2.30. The Morgan fingerprint density at radius 1 is 1.38 bits per heavy atom. The van der Waals surface area contributed by atoms with Crippen molar-refractivity contribution < 1.29 is 13.7 Å². The molecule has 1 aromatic heterocycles. The molecule has 0 spiro atoms. The monoisotopic (exact) mass is 222 g/mol. The minimum Gasteiger partial charge on any atom is -0.496 e. The number of rotatable bonds is 2. The van der Waals surface area contributed by atoms with Crippen LogP contribution in [0.5, 0.6) is 5.75 Å². The molecular weight excluding hydrogens is 211 g/mol. The predicted molar refractivity (Wildman–Crippen MR) is 57.6 cm³/mol. The Kier molecular flexibility index (Phi) is 2.52. The van der Waals surface area contributed by atoms with E-state index in [-0.39, 0.29) is 5.82 Å². The molecule has 0 saturated carbocycles. The molecule has 0 amide bonds. The zero-order valence-electron chi connectivity index (χ0n) is 8.95. The second-order valence-corrected chi connectivity index (χ2v) is 3.42. The smallest absolute Gasteiger partial charge is 0.172 e. The van der Waals surface area contributed by atoms with Crippen molar-refractivity contribution in [1.29, 1.82) is 0 Å². The van der Waals surface area contributed by atoms with Crippen molar-refractivity contribution in [2.45, 2.75) is 6.92 Å². The fraction of sp³-hybridized carbons (Fsp3) is 0.182. The maximum absolute atomic E-state index is 13.7. The lowest BCUT2D eigenvalue weighted by Crippen LogP contribution is -1.91. The molecule has 0 radical (unpaired) electrons. The Labute approximate surface area is 91.8 Å². The molecule has 0 fully saturated rings. The highest BCUT2D eigenvalue weighted by Gasteiger charge is 2.13. The van der Waals surface area contributed by atoms with Gasteiger partial charge < -0.3 is 15.0 Å². The van der Waals surface area contributed by atoms with Crippen LogP contribution >= 0.6 is 0 Å². The van der Waals surface area contributed by atoms with Gasteiger partial charge in [-0.25, -0.2) is 4.39 Å². The second kappa shape index (κ2) is 3.84. The maximum atomic E-state index is 13.7. The number of hydrogen-bond acceptors (Lipinski definition) is 4. The summed E-state index contributed by atoms with van der Waals surface area (Å²) in [7, 11) is 1.49. The third-order valence-corrected chi connectivity index (χ3v) is 2.28. The first-order valence-electron chi connectivity index (χ1n) is 4.68. The number of halogens is 1. The van der Waals surface area contributed by atoms with Crippen LogP contribution in [-0.2, 0) is 0 Å². The van der Waals surface area contributed by atoms with Gasteiger partial charge in [-0.2, -0.15) is 0 Å². The van der Waals surface area contributed by atoms with Crippen LogP contribution in [0.3, 0.4) is 0 Å². The number of aryl methyl sites for hydroxylation is 1. The minimum absolute atomic E-state index is 0.225. The van der Waals surface area contributed by atoms with Crippen LogP contribution in [0.15, 0.2) is 22.7 Å². The fourth-order valence-electron chi connectivity index (χ4n) is 1.49. The van der Waals surface area contributed by atoms with E-state index < -0.39 is 5.82 Å². The van der Waals surface area contributed by atoms with E-state index in [4.69, 9.17) is 15.0 Å². The molecule has 2 N–H and O–H groups in total. The average molecular weight is 222 g/mol. The van der Waals surface area contributed by atoms with Crippen LogP contribution in [0.25, 0.3) is 11.3 Å². The molecule has 4 nitrogen and oxygen atoms in total. The van der Waals surface area contributed by atoms with Crippen LogP contribution in [0.2, 0.25) is 0 Å². The topological polar surface area (TPSA) is 61.3 Å². The number of methoxy groups -OCH3 is 1. The van der Waals surface area contributed by atoms with Gasteiger partial charge in [-0.1, -0.05) is 5.16 Å². The first-order valence-corrected chi connectivity index (χ1v) is 4.68. The number of hydrogen-bond donors (Lipinski definition) is 1. The Morgan fingerprint density at radius 2 is 2.12 bits per heavy atom. The molecule has 1 aromatic carbocycles. The van der Waals surface area contributed by atoms with Crippen LogP contribution < -0.4 is 10.5 Å². The molecule has 0 saturated heterocycles. The Bertz CT molecular complexity index is 523. The number of nitrogens with two attached hydrogens (primary N) is 1. The van der Waals surface area contributed by atoms with Crippen molar-refractivity contribution in [3.63, 3.8) is 0 Å². The first kappa shape index (κ1) is 10.5. The highest BCUT2D eigenvalue weighted by molar-refractivity contribution is 5.63. The van der Waals surface area contributed by atoms with E-state index in [9.17, 15) is 4.39 Å². The molecule has 84 valence electrons. The predicted octanol–water partition coefficient (Wildman–Crippen LogP) is 2.38. The van der Waals surface area contributed by atoms with E-state index in [1.807, 2.05) is 6.92 Å². The van der Waals surface area contributed by atoms with Gasteiger partial charge in [-0.3, -0.25) is 0 Å². The van der Waals surface area contributed by atoms with Gasteiger partial charge >= 0.3 is 0 Å². The zero-order valence-corrected chi connectivity index (χ0v) is 8.95. The first-order chi connectivity index (χ1) is 7.61. The average Bonchev–Trinajstić information content (AvgIpc) is 2.67. The molecule has 5 heteroatoms. The Balaban J connectivity index is 2.54. The normalized spacial score (nSPS) is 10.4. The van der Waals surface area contributed by atoms with Gasteiger partial charge in [0.05, 0.1) is 12.7 Å². The summed E-state index contributed by atoms with van der Waals surface area (Å²) >= 11 is 0. The summed E-state index contributed by atoms with van der Waals surface area (Å²) in [5, 5.41) is 3.51. The van der Waals surface area contributed by atoms with Crippen molar-refractivity contribution in [2.24, 2.45) is 0 Å². The molecule has 0 unspecified atom stereocenters. The van der Waals surface area contributed by atoms with Crippen molar-refractivity contribution >= 4 is 5.82 Å². The van der Waals surface area contributed by atoms with Gasteiger partial charge in [0.15, 0.2) is 11.6 Å². The van der Waals surface area contributed by atoms with Crippen LogP contribution in [0.4, 0.5) is 10.2 Å². The van der Waals surface area contributed by atoms with Gasteiger partial charge in [-0.15, -0.1) is 0 Å². The summed E-state index contributed by atoms with van der Waals surface area (Å²) in [6.07, 6.45) is 0. The quantitative estimate of drug-likeness (QED) is 0.847. The lowest BCUT2D eigenvalue weighted by atomic mass is 10.1. The molecule has 0 aliphatic carbocycles. The summed E-state index contributed by atoms with van der Waals surface area (Å²) in [4.78, 5) is 0. The lowest BCUT2D eigenvalue weighted by molar-refractivity contribution is 0.407. The molecule has 2 aromatic rings. The van der Waals surface area contributed by atoms with E-state index in [1.54, 1.807) is 6.07 Å². The molecular formula is C11H11FN2O2. The molecule has 2 rings (SSSR count). The number of nitrogens with zero attached hydrogens (tertiary/aromatic N) is 1. The standard InChI is InChI=1S/C11H11FN2O2/c1-6-3-7(8(12)4-9(6)15-2)10-5-11(13)14-16-10/h3-5H,1-2H3,(H2,13,14). The second-order valence-electron chi connectivity index (χ2n) is 3.42. The van der Waals surface area contributed by atoms with Crippen LogP contribution in [0.1, 0.15) is 5.56 Å². The van der Waals surface area contributed by atoms with Crippen molar-refractivity contribution in [3.8, 4) is 17.1 Å². The number of nitrogen functional groups attached to an aromatic ring is 1. The van der Waals surface area contributed by atoms with E-state index >= 15 is 0 Å². The van der Waals surface area contributed by atoms with E-state index in [2.05, 4.69) is 5.16 Å². The van der Waals surface area contributed by atoms with Crippen molar-refractivity contribution in [1.82, 2.24) is 5.16 Å². The molecule has 16 heavy (non-hydrogen) atoms. The molecule has 0 aliphatic heterocycles. The number of aromatic nitrogens is 1. The summed E-state index contributed by atoms with van der Waals surface area (Å²) in [5.74, 6) is 0.593. The molecule has 1 heterocycles. The summed E-state index contributed by atoms with van der Waals surface area (Å²) in [5.41, 5.74) is 6.54. The minimum atomic E-state index is -0.432. The van der Waals surface area contributed by atoms with Gasteiger partial charge in [-0.05, 0) is 18.6 Å². The van der Waals surface area contributed by atoms with E-state index in [1.165, 1.54) is 19.2 Å². The molecule has 0 atom stereocenters. The van der Waals surface area contributed by atoms with Gasteiger partial charge in [0.1, 0.15) is 11.6 Å². The maximum Gasteiger partial charge on any atom is 0.172 e. The molecule has 0 aliphatic rings. The Hall–Kier alpha value is -2.04. The third-order valence-electron chi connectivity index (χ3n) is 2.28. The van der Waals surface area contributed by atoms with Gasteiger partial charge in [0.2, 0.25) is 0 Å². The molecule has 0 bridgehead atoms. The third kappa shape index (κ3) is 1.71. The fourth-order valence-corrected chi connectivity index (χ4v) is 1.49. The van der Waals surface area contributed by atoms with Crippen molar-refractivity contribution in [3.05, 3.63) is 29.6 Å². The number of benzene rings is 1. The van der Waals surface area contributed by atoms with E-state index in [0.29, 0.717) is 17.1 Å². The van der Waals surface area contributed by atoms with Crippen LogP contribution in [0, 0.1) is 12.7 Å². The van der Waals surface area contributed by atoms with Gasteiger partial charge in [0, 0.05) is 12.1 Å². The van der Waals surface area contributed by atoms with Crippen LogP contribution in [-0.4, -0.2) is 12.3 Å². The van der Waals surface area contributed by atoms with Gasteiger partial charge in [0.25, 0.3) is 0 Å². The summed E-state index contributed by atoms with van der Waals surface area (Å²) < 4.78 is 23.6. The van der Waals surface area contributed by atoms with E-state index in [0.717, 1.165) is 5.56 Å². The summed E-state index contributed by atoms with van der Waals surface area (Å²) in [6, 6.07) is 4.42. The number of ether oxygens (including phenoxy) is 1. The van der Waals surface area contributed by atoms with Crippen molar-refractivity contribution in [2.75, 3.05) is 12.8 Å². The SMILES string of the molecule is COc1cc(F)c(-c2cc(N)no2)cc1C. The zero-order chi connectivity index (χ0) is 11.7. The largest absolute Gasteiger partial charge is 0.496 e.